The summed E-state index contributed by atoms with van der Waals surface area (Å²) >= 11 is 1.38. The van der Waals surface area contributed by atoms with Crippen LogP contribution in [0.1, 0.15) is 23.3 Å². The fourth-order valence-corrected chi connectivity index (χ4v) is 4.91. The van der Waals surface area contributed by atoms with E-state index in [1.54, 1.807) is 31.4 Å². The van der Waals surface area contributed by atoms with Gasteiger partial charge in [-0.05, 0) is 48.1 Å². The molecule has 0 radical (unpaired) electrons. The first-order valence-electron chi connectivity index (χ1n) is 8.89. The largest absolute Gasteiger partial charge is 0.496 e. The van der Waals surface area contributed by atoms with E-state index in [0.29, 0.717) is 16.0 Å². The molecule has 2 aromatic heterocycles. The summed E-state index contributed by atoms with van der Waals surface area (Å²) in [6, 6.07) is 10.7. The Bertz CT molecular complexity index is 1400. The van der Waals surface area contributed by atoms with Crippen LogP contribution in [0.3, 0.4) is 0 Å². The van der Waals surface area contributed by atoms with Crippen LogP contribution in [0.25, 0.3) is 32.1 Å². The molecule has 6 nitrogen and oxygen atoms in total. The van der Waals surface area contributed by atoms with E-state index < -0.39 is 15.4 Å². The number of benzene rings is 2. The van der Waals surface area contributed by atoms with Crippen LogP contribution in [0.2, 0.25) is 0 Å². The fourth-order valence-electron chi connectivity index (χ4n) is 3.61. The number of ether oxygens (including phenoxy) is 1. The minimum Gasteiger partial charge on any atom is -0.496 e. The number of nitrogens with one attached hydrogen (secondary N) is 1. The van der Waals surface area contributed by atoms with Crippen molar-refractivity contribution in [1.82, 2.24) is 4.98 Å². The highest BCUT2D eigenvalue weighted by molar-refractivity contribution is 7.86. The number of hydrogen-bond acceptors (Lipinski definition) is 5. The number of H-pyrrole nitrogens is 1. The molecule has 0 saturated carbocycles. The van der Waals surface area contributed by atoms with Gasteiger partial charge in [0, 0.05) is 16.3 Å². The van der Waals surface area contributed by atoms with Crippen molar-refractivity contribution >= 4 is 42.4 Å². The van der Waals surface area contributed by atoms with Crippen molar-refractivity contribution in [2.24, 2.45) is 0 Å². The Morgan fingerprint density at radius 1 is 1.17 bits per heavy atom. The lowest BCUT2D eigenvalue weighted by Gasteiger charge is -2.16. The van der Waals surface area contributed by atoms with Gasteiger partial charge in [-0.1, -0.05) is 24.3 Å². The number of methoxy groups -OCH3 is 1. The van der Waals surface area contributed by atoms with Crippen molar-refractivity contribution in [2.45, 2.75) is 19.1 Å². The van der Waals surface area contributed by atoms with Gasteiger partial charge in [-0.2, -0.15) is 8.42 Å². The Morgan fingerprint density at radius 2 is 1.86 bits per heavy atom. The molecule has 1 atom stereocenters. The minimum absolute atomic E-state index is 0.126. The molecule has 8 heteroatoms. The topological polar surface area (TPSA) is 96.5 Å². The third-order valence-electron chi connectivity index (χ3n) is 5.20. The molecule has 0 aliphatic heterocycles. The van der Waals surface area contributed by atoms with Crippen LogP contribution in [0.5, 0.6) is 5.75 Å². The molecular formula is C21H19NO5S2. The summed E-state index contributed by atoms with van der Waals surface area (Å²) in [6.45, 7) is 3.35. The van der Waals surface area contributed by atoms with Gasteiger partial charge >= 0.3 is 0 Å². The van der Waals surface area contributed by atoms with Gasteiger partial charge < -0.3 is 9.72 Å². The van der Waals surface area contributed by atoms with E-state index in [-0.39, 0.29) is 5.56 Å². The summed E-state index contributed by atoms with van der Waals surface area (Å²) in [7, 11) is -2.58. The average molecular weight is 430 g/mol. The number of pyridine rings is 1. The van der Waals surface area contributed by atoms with Crippen molar-refractivity contribution in [3.8, 4) is 16.9 Å². The van der Waals surface area contributed by atoms with Crippen LogP contribution >= 0.6 is 11.3 Å². The minimum atomic E-state index is -4.18. The monoisotopic (exact) mass is 429 g/mol. The van der Waals surface area contributed by atoms with Gasteiger partial charge in [0.05, 0.1) is 12.6 Å². The maximum Gasteiger partial charge on any atom is 0.271 e. The first-order valence-corrected chi connectivity index (χ1v) is 11.3. The summed E-state index contributed by atoms with van der Waals surface area (Å²) in [6.07, 6.45) is 0. The Kier molecular flexibility index (Phi) is 4.72. The van der Waals surface area contributed by atoms with Crippen molar-refractivity contribution in [3.63, 3.8) is 0 Å². The van der Waals surface area contributed by atoms with E-state index >= 15 is 0 Å². The van der Waals surface area contributed by atoms with E-state index in [0.717, 1.165) is 33.0 Å². The highest BCUT2D eigenvalue weighted by atomic mass is 32.2. The van der Waals surface area contributed by atoms with Crippen LogP contribution in [-0.2, 0) is 10.1 Å². The molecule has 150 valence electrons. The first kappa shape index (κ1) is 19.6. The fraction of sp³-hybridized carbons (Fsp3) is 0.190. The Hall–Kier alpha value is -2.68. The molecule has 0 aliphatic carbocycles. The Balaban J connectivity index is 2.04. The number of aryl methyl sites for hydroxylation is 1. The van der Waals surface area contributed by atoms with E-state index in [1.165, 1.54) is 18.3 Å². The summed E-state index contributed by atoms with van der Waals surface area (Å²) in [5, 5.41) is 2.59. The van der Waals surface area contributed by atoms with Gasteiger partial charge in [0.2, 0.25) is 0 Å². The number of fused-ring (bicyclic) bond motifs is 3. The maximum atomic E-state index is 12.5. The quantitative estimate of drug-likeness (QED) is 0.459. The zero-order valence-corrected chi connectivity index (χ0v) is 17.6. The molecule has 4 rings (SSSR count). The molecule has 2 N–H and O–H groups in total. The van der Waals surface area contributed by atoms with Crippen LogP contribution in [0, 0.1) is 6.92 Å². The second-order valence-electron chi connectivity index (χ2n) is 6.92. The van der Waals surface area contributed by atoms with Crippen molar-refractivity contribution in [1.29, 1.82) is 0 Å². The number of thiophene rings is 1. The smallest absolute Gasteiger partial charge is 0.271 e. The molecule has 4 aromatic rings. The molecule has 1 unspecified atom stereocenters. The average Bonchev–Trinajstić information content (AvgIpc) is 3.18. The maximum absolute atomic E-state index is 12.5. The highest BCUT2D eigenvalue weighted by Gasteiger charge is 2.21. The molecule has 0 amide bonds. The number of aromatic nitrogens is 1. The lowest BCUT2D eigenvalue weighted by atomic mass is 9.94. The van der Waals surface area contributed by atoms with Gasteiger partial charge in [-0.25, -0.2) is 0 Å². The Morgan fingerprint density at radius 3 is 2.48 bits per heavy atom. The number of hydrogen-bond donors (Lipinski definition) is 2. The highest BCUT2D eigenvalue weighted by Crippen LogP contribution is 2.42. The summed E-state index contributed by atoms with van der Waals surface area (Å²) in [5.74, 6) is 0.658. The van der Waals surface area contributed by atoms with Crippen LogP contribution < -0.4 is 10.3 Å². The van der Waals surface area contributed by atoms with E-state index in [9.17, 15) is 17.8 Å². The van der Waals surface area contributed by atoms with E-state index in [2.05, 4.69) is 4.98 Å². The Labute approximate surface area is 171 Å². The van der Waals surface area contributed by atoms with Crippen molar-refractivity contribution in [3.05, 3.63) is 63.3 Å². The van der Waals surface area contributed by atoms with Crippen LogP contribution in [0.4, 0.5) is 0 Å². The molecule has 0 fully saturated rings. The first-order chi connectivity index (χ1) is 13.7. The van der Waals surface area contributed by atoms with Gasteiger partial charge in [0.15, 0.2) is 0 Å². The molecule has 2 heterocycles. The third kappa shape index (κ3) is 3.23. The predicted molar refractivity (Wildman–Crippen MR) is 117 cm³/mol. The standard InChI is InChI=1S/C21H19NO5S2/c1-11-10-16(27-3)17(14-6-4-13(5-7-14)12(2)29(24,25)26)18-15-8-9-28-20(15)21(23)22-19(11)18/h4-10,12H,1-3H3,(H,22,23)(H,24,25,26). The summed E-state index contributed by atoms with van der Waals surface area (Å²) in [5.41, 5.74) is 3.63. The molecular weight excluding hydrogens is 410 g/mol. The van der Waals surface area contributed by atoms with Crippen molar-refractivity contribution in [2.75, 3.05) is 7.11 Å². The molecule has 0 spiro atoms. The molecule has 0 aliphatic rings. The summed E-state index contributed by atoms with van der Waals surface area (Å²) in [4.78, 5) is 15.4. The third-order valence-corrected chi connectivity index (χ3v) is 7.28. The van der Waals surface area contributed by atoms with Gasteiger partial charge in [-0.15, -0.1) is 11.3 Å². The zero-order chi connectivity index (χ0) is 20.9. The second-order valence-corrected chi connectivity index (χ2v) is 9.57. The SMILES string of the molecule is COc1cc(C)c2[nH]c(=O)c3sccc3c2c1-c1ccc(C(C)S(=O)(=O)O)cc1. The van der Waals surface area contributed by atoms with Gasteiger partial charge in [0.1, 0.15) is 15.7 Å². The lowest BCUT2D eigenvalue weighted by Crippen LogP contribution is -2.08. The van der Waals surface area contributed by atoms with Crippen LogP contribution in [0.15, 0.2) is 46.6 Å². The zero-order valence-electron chi connectivity index (χ0n) is 16.0. The van der Waals surface area contributed by atoms with Gasteiger partial charge in [0.25, 0.3) is 15.7 Å². The predicted octanol–water partition coefficient (Wildman–Crippen LogP) is 4.68. The van der Waals surface area contributed by atoms with Crippen molar-refractivity contribution < 1.29 is 17.7 Å². The molecule has 0 bridgehead atoms. The number of rotatable bonds is 4. The molecule has 2 aromatic carbocycles. The van der Waals surface area contributed by atoms with E-state index in [1.807, 2.05) is 24.4 Å². The van der Waals surface area contributed by atoms with Gasteiger partial charge in [-0.3, -0.25) is 9.35 Å². The number of aromatic amines is 1. The normalized spacial score (nSPS) is 13.1. The van der Waals surface area contributed by atoms with Crippen LogP contribution in [-0.4, -0.2) is 25.1 Å². The lowest BCUT2D eigenvalue weighted by molar-refractivity contribution is 0.416. The molecule has 29 heavy (non-hydrogen) atoms. The summed E-state index contributed by atoms with van der Waals surface area (Å²) < 4.78 is 38.5. The molecule has 0 saturated heterocycles. The second kappa shape index (κ2) is 6.98. The van der Waals surface area contributed by atoms with E-state index in [4.69, 9.17) is 4.74 Å².